The smallest absolute Gasteiger partial charge is 0.224 e. The fraction of sp³-hybridized carbons (Fsp3) is 0.267. The fourth-order valence-corrected chi connectivity index (χ4v) is 2.64. The Hall–Kier alpha value is -1.88. The van der Waals surface area contributed by atoms with Crippen LogP contribution in [0.3, 0.4) is 0 Å². The van der Waals surface area contributed by atoms with Gasteiger partial charge in [-0.25, -0.2) is 4.39 Å². The number of halogens is 1. The van der Waals surface area contributed by atoms with Crippen LogP contribution in [0.15, 0.2) is 35.7 Å². The molecule has 1 atom stereocenters. The fourth-order valence-electron chi connectivity index (χ4n) is 1.91. The molecule has 3 nitrogen and oxygen atoms in total. The maximum absolute atomic E-state index is 13.5. The number of rotatable bonds is 5. The number of benzene rings is 1. The van der Waals surface area contributed by atoms with Crippen LogP contribution >= 0.6 is 11.3 Å². The van der Waals surface area contributed by atoms with E-state index in [1.54, 1.807) is 17.4 Å². The highest BCUT2D eigenvalue weighted by Gasteiger charge is 2.12. The van der Waals surface area contributed by atoms with E-state index in [9.17, 15) is 9.18 Å². The molecular weight excluding hydrogens is 277 g/mol. The molecule has 0 unspecified atom stereocenters. The summed E-state index contributed by atoms with van der Waals surface area (Å²) >= 11 is 1.60. The molecule has 20 heavy (non-hydrogen) atoms. The lowest BCUT2D eigenvalue weighted by Crippen LogP contribution is -2.27. The Kier molecular flexibility index (Phi) is 4.74. The third-order valence-corrected chi connectivity index (χ3v) is 3.98. The number of ether oxygens (including phenoxy) is 1. The van der Waals surface area contributed by atoms with E-state index in [1.807, 2.05) is 24.4 Å². The first kappa shape index (κ1) is 14.5. The lowest BCUT2D eigenvalue weighted by atomic mass is 10.1. The zero-order valence-electron chi connectivity index (χ0n) is 11.4. The van der Waals surface area contributed by atoms with Gasteiger partial charge in [-0.3, -0.25) is 4.79 Å². The molecule has 0 saturated heterocycles. The zero-order valence-corrected chi connectivity index (χ0v) is 12.2. The van der Waals surface area contributed by atoms with Gasteiger partial charge in [-0.2, -0.15) is 0 Å². The van der Waals surface area contributed by atoms with E-state index >= 15 is 0 Å². The summed E-state index contributed by atoms with van der Waals surface area (Å²) in [4.78, 5) is 13.0. The van der Waals surface area contributed by atoms with E-state index in [1.165, 1.54) is 19.2 Å². The molecule has 2 aromatic rings. The number of amides is 1. The van der Waals surface area contributed by atoms with E-state index in [4.69, 9.17) is 4.74 Å². The number of methoxy groups -OCH3 is 1. The Morgan fingerprint density at radius 2 is 2.25 bits per heavy atom. The number of carbonyl (C=O) groups excluding carboxylic acids is 1. The molecular formula is C15H16FNO2S. The molecule has 0 fully saturated rings. The van der Waals surface area contributed by atoms with Gasteiger partial charge in [-0.15, -0.1) is 11.3 Å². The second kappa shape index (κ2) is 6.52. The maximum atomic E-state index is 13.5. The summed E-state index contributed by atoms with van der Waals surface area (Å²) in [6.07, 6.45) is 0.149. The molecule has 0 radical (unpaired) electrons. The number of carbonyl (C=O) groups is 1. The van der Waals surface area contributed by atoms with Crippen molar-refractivity contribution in [2.45, 2.75) is 19.4 Å². The molecule has 1 amide bonds. The second-order valence-electron chi connectivity index (χ2n) is 4.45. The van der Waals surface area contributed by atoms with Crippen molar-refractivity contribution in [3.63, 3.8) is 0 Å². The summed E-state index contributed by atoms with van der Waals surface area (Å²) in [6, 6.07) is 8.43. The monoisotopic (exact) mass is 293 g/mol. The zero-order chi connectivity index (χ0) is 14.5. The van der Waals surface area contributed by atoms with Gasteiger partial charge in [0.2, 0.25) is 5.91 Å². The molecule has 1 aromatic carbocycles. The number of nitrogens with one attached hydrogen (secondary N) is 1. The van der Waals surface area contributed by atoms with Crippen LogP contribution < -0.4 is 10.1 Å². The minimum Gasteiger partial charge on any atom is -0.494 e. The highest BCUT2D eigenvalue weighted by atomic mass is 32.1. The van der Waals surface area contributed by atoms with Gasteiger partial charge in [0.15, 0.2) is 11.6 Å². The van der Waals surface area contributed by atoms with Gasteiger partial charge in [0.1, 0.15) is 0 Å². The topological polar surface area (TPSA) is 38.3 Å². The predicted molar refractivity (Wildman–Crippen MR) is 77.5 cm³/mol. The van der Waals surface area contributed by atoms with Crippen LogP contribution in [0.5, 0.6) is 5.75 Å². The highest BCUT2D eigenvalue weighted by Crippen LogP contribution is 2.20. The summed E-state index contributed by atoms with van der Waals surface area (Å²) < 4.78 is 18.4. The quantitative estimate of drug-likeness (QED) is 0.918. The largest absolute Gasteiger partial charge is 0.494 e. The Balaban J connectivity index is 1.96. The van der Waals surface area contributed by atoms with Gasteiger partial charge >= 0.3 is 0 Å². The van der Waals surface area contributed by atoms with Crippen molar-refractivity contribution < 1.29 is 13.9 Å². The first-order valence-electron chi connectivity index (χ1n) is 6.25. The summed E-state index contributed by atoms with van der Waals surface area (Å²) in [6.45, 7) is 1.93. The van der Waals surface area contributed by atoms with Crippen molar-refractivity contribution in [2.24, 2.45) is 0 Å². The van der Waals surface area contributed by atoms with Gasteiger partial charge in [-0.1, -0.05) is 12.1 Å². The van der Waals surface area contributed by atoms with Gasteiger partial charge < -0.3 is 10.1 Å². The Morgan fingerprint density at radius 1 is 1.45 bits per heavy atom. The summed E-state index contributed by atoms with van der Waals surface area (Å²) in [7, 11) is 1.41. The van der Waals surface area contributed by atoms with Crippen molar-refractivity contribution in [2.75, 3.05) is 7.11 Å². The van der Waals surface area contributed by atoms with Crippen molar-refractivity contribution in [3.8, 4) is 5.75 Å². The minimum atomic E-state index is -0.455. The molecule has 0 saturated carbocycles. The van der Waals surface area contributed by atoms with E-state index in [-0.39, 0.29) is 24.1 Å². The third-order valence-electron chi connectivity index (χ3n) is 2.93. The van der Waals surface area contributed by atoms with Crippen molar-refractivity contribution in [1.82, 2.24) is 5.32 Å². The maximum Gasteiger partial charge on any atom is 0.224 e. The van der Waals surface area contributed by atoms with Crippen molar-refractivity contribution >= 4 is 17.2 Å². The molecule has 2 rings (SSSR count). The predicted octanol–water partition coefficient (Wildman–Crippen LogP) is 3.32. The lowest BCUT2D eigenvalue weighted by Gasteiger charge is -2.12. The van der Waals surface area contributed by atoms with Crippen LogP contribution in [0.2, 0.25) is 0 Å². The SMILES string of the molecule is COc1ccc(CC(=O)N[C@H](C)c2cccs2)cc1F. The van der Waals surface area contributed by atoms with Crippen LogP contribution in [0, 0.1) is 5.82 Å². The molecule has 1 aromatic heterocycles. The van der Waals surface area contributed by atoms with Crippen LogP contribution in [0.4, 0.5) is 4.39 Å². The molecule has 0 aliphatic rings. The van der Waals surface area contributed by atoms with Crippen molar-refractivity contribution in [3.05, 3.63) is 52.0 Å². The molecule has 0 spiro atoms. The first-order valence-corrected chi connectivity index (χ1v) is 7.13. The molecule has 1 N–H and O–H groups in total. The van der Waals surface area contributed by atoms with Gasteiger partial charge in [0.25, 0.3) is 0 Å². The number of hydrogen-bond donors (Lipinski definition) is 1. The molecule has 0 aliphatic carbocycles. The second-order valence-corrected chi connectivity index (χ2v) is 5.43. The van der Waals surface area contributed by atoms with Crippen LogP contribution in [0.1, 0.15) is 23.4 Å². The molecule has 106 valence electrons. The Bertz CT molecular complexity index is 584. The van der Waals surface area contributed by atoms with E-state index in [0.29, 0.717) is 5.56 Å². The summed E-state index contributed by atoms with van der Waals surface area (Å²) in [5.74, 6) is -0.402. The number of hydrogen-bond acceptors (Lipinski definition) is 3. The lowest BCUT2D eigenvalue weighted by molar-refractivity contribution is -0.121. The summed E-state index contributed by atoms with van der Waals surface area (Å²) in [5.41, 5.74) is 0.624. The Labute approximate surface area is 121 Å². The van der Waals surface area contributed by atoms with Gasteiger partial charge in [0, 0.05) is 4.88 Å². The van der Waals surface area contributed by atoms with Crippen LogP contribution in [0.25, 0.3) is 0 Å². The normalized spacial score (nSPS) is 11.9. The van der Waals surface area contributed by atoms with Crippen LogP contribution in [-0.4, -0.2) is 13.0 Å². The average molecular weight is 293 g/mol. The van der Waals surface area contributed by atoms with E-state index in [0.717, 1.165) is 4.88 Å². The minimum absolute atomic E-state index is 0.0365. The molecule has 5 heteroatoms. The average Bonchev–Trinajstić information content (AvgIpc) is 2.92. The standard InChI is InChI=1S/C15H16FNO2S/c1-10(14-4-3-7-20-14)17-15(18)9-11-5-6-13(19-2)12(16)8-11/h3-8,10H,9H2,1-2H3,(H,17,18)/t10-/m1/s1. The first-order chi connectivity index (χ1) is 9.60. The molecule has 0 bridgehead atoms. The van der Waals surface area contributed by atoms with Gasteiger partial charge in [-0.05, 0) is 36.1 Å². The van der Waals surface area contributed by atoms with Crippen molar-refractivity contribution in [1.29, 1.82) is 0 Å². The third kappa shape index (κ3) is 3.57. The summed E-state index contributed by atoms with van der Waals surface area (Å²) in [5, 5.41) is 4.87. The van der Waals surface area contributed by atoms with Gasteiger partial charge in [0.05, 0.1) is 19.6 Å². The Morgan fingerprint density at radius 3 is 2.85 bits per heavy atom. The van der Waals surface area contributed by atoms with Crippen LogP contribution in [-0.2, 0) is 11.2 Å². The van der Waals surface area contributed by atoms with E-state index in [2.05, 4.69) is 5.32 Å². The number of thiophene rings is 1. The highest BCUT2D eigenvalue weighted by molar-refractivity contribution is 7.10. The molecule has 1 heterocycles. The molecule has 0 aliphatic heterocycles. The van der Waals surface area contributed by atoms with E-state index < -0.39 is 5.82 Å².